The van der Waals surface area contributed by atoms with Crippen molar-refractivity contribution in [1.82, 2.24) is 5.32 Å². The summed E-state index contributed by atoms with van der Waals surface area (Å²) in [5, 5.41) is 31.7. The average Bonchev–Trinajstić information content (AvgIpc) is 2.56. The van der Waals surface area contributed by atoms with Crippen LogP contribution in [0.2, 0.25) is 0 Å². The number of aliphatic carboxylic acids is 1. The predicted octanol–water partition coefficient (Wildman–Crippen LogP) is 2.31. The summed E-state index contributed by atoms with van der Waals surface area (Å²) in [5.74, 6) is -2.36. The third-order valence-electron chi connectivity index (χ3n) is 3.83. The highest BCUT2D eigenvalue weighted by atomic mass is 16.5. The van der Waals surface area contributed by atoms with Gasteiger partial charge in [0.05, 0.1) is 5.69 Å². The molecule has 0 bridgehead atoms. The first-order valence-electron chi connectivity index (χ1n) is 8.12. The van der Waals surface area contributed by atoms with E-state index in [0.717, 1.165) is 24.8 Å². The van der Waals surface area contributed by atoms with Gasteiger partial charge in [0.25, 0.3) is 5.91 Å². The van der Waals surface area contributed by atoms with E-state index < -0.39 is 18.4 Å². The Labute approximate surface area is 145 Å². The van der Waals surface area contributed by atoms with Gasteiger partial charge in [-0.3, -0.25) is 14.8 Å². The normalized spacial score (nSPS) is 13.9. The zero-order valence-corrected chi connectivity index (χ0v) is 14.0. The van der Waals surface area contributed by atoms with Gasteiger partial charge in [-0.25, -0.2) is 5.06 Å². The number of hydroxylamine groups is 1. The Kier molecular flexibility index (Phi) is 6.19. The standard InChI is InChI=1S/C18H22N2O5/c1-2-3-4-5-6-12-7-8-14-13(9-12)10-15(21)17(20(14)25)18(24)19-11-16(22)23/h3-4,7-9,21,25H,2,5-6,10-11H2,1H3,(H,19,24)(H,22,23)/b4-3+. The number of aryl methyl sites for hydroxylation is 1. The molecule has 1 aromatic rings. The molecular weight excluding hydrogens is 324 g/mol. The molecule has 1 aromatic carbocycles. The molecule has 25 heavy (non-hydrogen) atoms. The second kappa shape index (κ2) is 8.34. The van der Waals surface area contributed by atoms with E-state index in [-0.39, 0.29) is 17.9 Å². The highest BCUT2D eigenvalue weighted by molar-refractivity contribution is 5.99. The summed E-state index contributed by atoms with van der Waals surface area (Å²) in [6.45, 7) is 1.48. The van der Waals surface area contributed by atoms with Gasteiger partial charge >= 0.3 is 5.97 Å². The maximum absolute atomic E-state index is 12.0. The van der Waals surface area contributed by atoms with Crippen LogP contribution in [0.15, 0.2) is 41.8 Å². The number of amides is 1. The molecule has 0 fully saturated rings. The molecule has 0 radical (unpaired) electrons. The van der Waals surface area contributed by atoms with Gasteiger partial charge in [-0.1, -0.05) is 31.2 Å². The number of nitrogens with one attached hydrogen (secondary N) is 1. The lowest BCUT2D eigenvalue weighted by Crippen LogP contribution is -2.39. The minimum Gasteiger partial charge on any atom is -0.509 e. The predicted molar refractivity (Wildman–Crippen MR) is 92.5 cm³/mol. The summed E-state index contributed by atoms with van der Waals surface area (Å²) >= 11 is 0. The van der Waals surface area contributed by atoms with Crippen molar-refractivity contribution in [3.63, 3.8) is 0 Å². The number of carboxylic acids is 1. The quantitative estimate of drug-likeness (QED) is 0.564. The number of fused-ring (bicyclic) bond motifs is 1. The van der Waals surface area contributed by atoms with Crippen LogP contribution in [-0.4, -0.2) is 33.8 Å². The van der Waals surface area contributed by atoms with E-state index in [2.05, 4.69) is 24.4 Å². The van der Waals surface area contributed by atoms with E-state index in [1.54, 1.807) is 6.07 Å². The smallest absolute Gasteiger partial charge is 0.322 e. The molecule has 1 amide bonds. The van der Waals surface area contributed by atoms with Crippen LogP contribution < -0.4 is 10.4 Å². The van der Waals surface area contributed by atoms with Crippen molar-refractivity contribution in [2.45, 2.75) is 32.6 Å². The average molecular weight is 346 g/mol. The summed E-state index contributed by atoms with van der Waals surface area (Å²) in [4.78, 5) is 22.5. The van der Waals surface area contributed by atoms with Crippen LogP contribution in [0.3, 0.4) is 0 Å². The third kappa shape index (κ3) is 4.60. The Balaban J connectivity index is 2.15. The number of hydrogen-bond donors (Lipinski definition) is 4. The van der Waals surface area contributed by atoms with Crippen molar-refractivity contribution >= 4 is 17.6 Å². The Morgan fingerprint density at radius 1 is 1.32 bits per heavy atom. The molecule has 7 nitrogen and oxygen atoms in total. The molecule has 0 saturated carbocycles. The van der Waals surface area contributed by atoms with Crippen molar-refractivity contribution in [2.75, 3.05) is 11.6 Å². The minimum atomic E-state index is -1.21. The Morgan fingerprint density at radius 2 is 2.08 bits per heavy atom. The fraction of sp³-hybridized carbons (Fsp3) is 0.333. The van der Waals surface area contributed by atoms with Gasteiger partial charge in [0.2, 0.25) is 0 Å². The molecule has 0 unspecified atom stereocenters. The maximum atomic E-state index is 12.0. The van der Waals surface area contributed by atoms with Gasteiger partial charge in [0.1, 0.15) is 12.3 Å². The number of carbonyl (C=O) groups excluding carboxylic acids is 1. The van der Waals surface area contributed by atoms with E-state index >= 15 is 0 Å². The maximum Gasteiger partial charge on any atom is 0.322 e. The summed E-state index contributed by atoms with van der Waals surface area (Å²) in [6.07, 6.45) is 7.05. The fourth-order valence-electron chi connectivity index (χ4n) is 2.65. The molecule has 0 aliphatic carbocycles. The van der Waals surface area contributed by atoms with E-state index in [1.165, 1.54) is 0 Å². The van der Waals surface area contributed by atoms with Crippen LogP contribution in [0, 0.1) is 0 Å². The van der Waals surface area contributed by atoms with Crippen molar-refractivity contribution in [1.29, 1.82) is 0 Å². The Bertz CT molecular complexity index is 724. The summed E-state index contributed by atoms with van der Waals surface area (Å²) in [7, 11) is 0. The first-order valence-corrected chi connectivity index (χ1v) is 8.12. The lowest BCUT2D eigenvalue weighted by atomic mass is 9.98. The number of allylic oxidation sites excluding steroid dienone is 3. The van der Waals surface area contributed by atoms with Gasteiger partial charge in [-0.2, -0.15) is 0 Å². The van der Waals surface area contributed by atoms with Crippen molar-refractivity contribution in [3.8, 4) is 0 Å². The molecule has 0 saturated heterocycles. The molecule has 1 heterocycles. The SMILES string of the molecule is CC/C=C/CCc1ccc2c(c1)CC(O)=C(C(=O)NCC(=O)O)N2O. The number of rotatable bonds is 7. The fourth-order valence-corrected chi connectivity index (χ4v) is 2.65. The second-order valence-electron chi connectivity index (χ2n) is 5.74. The summed E-state index contributed by atoms with van der Waals surface area (Å²) in [6, 6.07) is 5.43. The topological polar surface area (TPSA) is 110 Å². The molecule has 1 aliphatic heterocycles. The molecule has 2 rings (SSSR count). The number of benzene rings is 1. The number of anilines is 1. The number of carboxylic acid groups (broad SMARTS) is 1. The molecule has 1 aliphatic rings. The molecule has 7 heteroatoms. The zero-order valence-electron chi connectivity index (χ0n) is 14.0. The summed E-state index contributed by atoms with van der Waals surface area (Å²) < 4.78 is 0. The van der Waals surface area contributed by atoms with Crippen LogP contribution in [0.4, 0.5) is 5.69 Å². The highest BCUT2D eigenvalue weighted by Gasteiger charge is 2.29. The van der Waals surface area contributed by atoms with E-state index in [4.69, 9.17) is 5.11 Å². The van der Waals surface area contributed by atoms with Crippen LogP contribution in [0.25, 0.3) is 0 Å². The van der Waals surface area contributed by atoms with Crippen LogP contribution >= 0.6 is 0 Å². The van der Waals surface area contributed by atoms with Crippen LogP contribution in [0.1, 0.15) is 30.9 Å². The molecule has 0 atom stereocenters. The lowest BCUT2D eigenvalue weighted by molar-refractivity contribution is -0.137. The minimum absolute atomic E-state index is 0.0981. The highest BCUT2D eigenvalue weighted by Crippen LogP contribution is 2.32. The monoisotopic (exact) mass is 346 g/mol. The third-order valence-corrected chi connectivity index (χ3v) is 3.83. The van der Waals surface area contributed by atoms with E-state index in [1.807, 2.05) is 12.1 Å². The van der Waals surface area contributed by atoms with Gasteiger partial charge in [0, 0.05) is 6.42 Å². The number of nitrogens with zero attached hydrogens (tertiary/aromatic N) is 1. The molecule has 134 valence electrons. The number of aliphatic hydroxyl groups is 1. The molecule has 4 N–H and O–H groups in total. The lowest BCUT2D eigenvalue weighted by Gasteiger charge is -2.27. The van der Waals surface area contributed by atoms with Crippen molar-refractivity contribution in [2.24, 2.45) is 0 Å². The van der Waals surface area contributed by atoms with Crippen LogP contribution in [-0.2, 0) is 22.4 Å². The molecule has 0 aromatic heterocycles. The second-order valence-corrected chi connectivity index (χ2v) is 5.74. The van der Waals surface area contributed by atoms with Gasteiger partial charge in [-0.15, -0.1) is 0 Å². The number of aliphatic hydroxyl groups excluding tert-OH is 1. The first kappa shape index (κ1) is 18.5. The first-order chi connectivity index (χ1) is 11.9. The number of carbonyl (C=O) groups is 2. The molecular formula is C18H22N2O5. The largest absolute Gasteiger partial charge is 0.509 e. The van der Waals surface area contributed by atoms with Crippen LogP contribution in [0.5, 0.6) is 0 Å². The zero-order chi connectivity index (χ0) is 18.4. The van der Waals surface area contributed by atoms with Crippen molar-refractivity contribution in [3.05, 3.63) is 52.9 Å². The molecule has 0 spiro atoms. The van der Waals surface area contributed by atoms with Gasteiger partial charge in [-0.05, 0) is 36.5 Å². The van der Waals surface area contributed by atoms with Gasteiger partial charge < -0.3 is 15.5 Å². The Morgan fingerprint density at radius 3 is 2.76 bits per heavy atom. The Hall–Kier alpha value is -2.80. The van der Waals surface area contributed by atoms with E-state index in [0.29, 0.717) is 16.3 Å². The number of hydrogen-bond acceptors (Lipinski definition) is 5. The van der Waals surface area contributed by atoms with Crippen molar-refractivity contribution < 1.29 is 25.0 Å². The van der Waals surface area contributed by atoms with Gasteiger partial charge in [0.15, 0.2) is 5.70 Å². The summed E-state index contributed by atoms with van der Waals surface area (Å²) in [5.41, 5.74) is 1.81. The van der Waals surface area contributed by atoms with E-state index in [9.17, 15) is 19.9 Å².